The van der Waals surface area contributed by atoms with Crippen molar-refractivity contribution in [3.8, 4) is 0 Å². The maximum Gasteiger partial charge on any atom is 0.242 e. The maximum absolute atomic E-state index is 13.4. The van der Waals surface area contributed by atoms with Gasteiger partial charge in [-0.1, -0.05) is 59.4 Å². The lowest BCUT2D eigenvalue weighted by molar-refractivity contribution is -0.140. The predicted molar refractivity (Wildman–Crippen MR) is 152 cm³/mol. The van der Waals surface area contributed by atoms with Crippen LogP contribution in [0.5, 0.6) is 0 Å². The third-order valence-corrected chi connectivity index (χ3v) is 8.17. The summed E-state index contributed by atoms with van der Waals surface area (Å²) in [7, 11) is -3.71. The molecule has 2 atom stereocenters. The molecule has 1 N–H and O–H groups in total. The molecule has 0 aliphatic rings. The number of nitrogens with zero attached hydrogens (tertiary/aromatic N) is 2. The largest absolute Gasteiger partial charge is 0.352 e. The van der Waals surface area contributed by atoms with E-state index in [2.05, 4.69) is 5.32 Å². The first-order chi connectivity index (χ1) is 17.2. The molecule has 37 heavy (non-hydrogen) atoms. The van der Waals surface area contributed by atoms with Crippen molar-refractivity contribution in [2.24, 2.45) is 0 Å². The van der Waals surface area contributed by atoms with E-state index in [1.807, 2.05) is 13.8 Å². The van der Waals surface area contributed by atoms with Crippen molar-refractivity contribution in [1.29, 1.82) is 0 Å². The molecule has 12 heteroatoms. The number of nitrogens with one attached hydrogen (secondary N) is 1. The average molecular weight is 611 g/mol. The topological polar surface area (TPSA) is 86.8 Å². The van der Waals surface area contributed by atoms with E-state index in [0.717, 1.165) is 17.0 Å². The summed E-state index contributed by atoms with van der Waals surface area (Å²) in [5.41, 5.74) is 0.862. The molecule has 0 heterocycles. The molecule has 0 aliphatic heterocycles. The van der Waals surface area contributed by atoms with Crippen molar-refractivity contribution in [1.82, 2.24) is 10.2 Å². The molecule has 0 radical (unpaired) electrons. The summed E-state index contributed by atoms with van der Waals surface area (Å²) in [4.78, 5) is 27.7. The summed E-state index contributed by atoms with van der Waals surface area (Å²) in [6, 6.07) is 8.62. The molecule has 0 fully saturated rings. The lowest BCUT2D eigenvalue weighted by atomic mass is 10.1. The first-order valence-electron chi connectivity index (χ1n) is 11.7. The van der Waals surface area contributed by atoms with E-state index in [0.29, 0.717) is 20.6 Å². The van der Waals surface area contributed by atoms with Crippen molar-refractivity contribution in [2.75, 3.05) is 17.1 Å². The fourth-order valence-electron chi connectivity index (χ4n) is 3.54. The van der Waals surface area contributed by atoms with Crippen molar-refractivity contribution in [2.45, 2.75) is 58.7 Å². The van der Waals surface area contributed by atoms with E-state index in [-0.39, 0.29) is 54.5 Å². The number of rotatable bonds is 12. The maximum atomic E-state index is 13.4. The van der Waals surface area contributed by atoms with E-state index in [1.165, 1.54) is 17.0 Å². The van der Waals surface area contributed by atoms with Crippen molar-refractivity contribution in [3.63, 3.8) is 0 Å². The number of hydrogen-bond acceptors (Lipinski definition) is 4. The molecule has 0 spiro atoms. The van der Waals surface area contributed by atoms with Gasteiger partial charge in [0.2, 0.25) is 21.8 Å². The summed E-state index contributed by atoms with van der Waals surface area (Å²) in [5.74, 6) is -0.625. The van der Waals surface area contributed by atoms with E-state index in [4.69, 9.17) is 46.4 Å². The zero-order chi connectivity index (χ0) is 27.9. The highest BCUT2D eigenvalue weighted by Gasteiger charge is 2.28. The van der Waals surface area contributed by atoms with Gasteiger partial charge in [-0.15, -0.1) is 0 Å². The molecule has 0 aromatic heterocycles. The fourth-order valence-corrected chi connectivity index (χ4v) is 5.41. The Morgan fingerprint density at radius 1 is 0.973 bits per heavy atom. The first-order valence-corrected chi connectivity index (χ1v) is 15.1. The molecule has 7 nitrogen and oxygen atoms in total. The Balaban J connectivity index is 2.24. The van der Waals surface area contributed by atoms with Crippen LogP contribution in [0, 0.1) is 0 Å². The number of hydrogen-bond donors (Lipinski definition) is 1. The average Bonchev–Trinajstić information content (AvgIpc) is 2.81. The normalized spacial score (nSPS) is 13.1. The molecule has 2 amide bonds. The quantitative estimate of drug-likeness (QED) is 0.311. The molecule has 2 aromatic carbocycles. The number of anilines is 1. The van der Waals surface area contributed by atoms with E-state index >= 15 is 0 Å². The highest BCUT2D eigenvalue weighted by molar-refractivity contribution is 7.92. The highest BCUT2D eigenvalue weighted by atomic mass is 35.5. The molecule has 0 bridgehead atoms. The van der Waals surface area contributed by atoms with E-state index < -0.39 is 16.1 Å². The minimum Gasteiger partial charge on any atom is -0.352 e. The SMILES string of the molecule is CCC(C)NC(=O)C(C)N(Cc1ccc(Cl)cc1Cl)C(=O)CCCN(c1cc(Cl)ccc1Cl)S(C)(=O)=O. The number of halogens is 4. The van der Waals surface area contributed by atoms with Crippen molar-refractivity contribution >= 4 is 73.9 Å². The molecule has 2 unspecified atom stereocenters. The van der Waals surface area contributed by atoms with Crippen LogP contribution in [-0.2, 0) is 26.2 Å². The number of carbonyl (C=O) groups is 2. The summed E-state index contributed by atoms with van der Waals surface area (Å²) < 4.78 is 26.1. The Kier molecular flexibility index (Phi) is 11.8. The van der Waals surface area contributed by atoms with Gasteiger partial charge in [-0.3, -0.25) is 13.9 Å². The van der Waals surface area contributed by atoms with Gasteiger partial charge in [-0.2, -0.15) is 0 Å². The van der Waals surface area contributed by atoms with E-state index in [1.54, 1.807) is 31.2 Å². The molecule has 0 saturated heterocycles. The monoisotopic (exact) mass is 609 g/mol. The Morgan fingerprint density at radius 3 is 2.19 bits per heavy atom. The van der Waals surface area contributed by atoms with Gasteiger partial charge in [0, 0.05) is 40.6 Å². The van der Waals surface area contributed by atoms with Gasteiger partial charge in [0.05, 0.1) is 17.0 Å². The smallest absolute Gasteiger partial charge is 0.242 e. The zero-order valence-corrected chi connectivity index (χ0v) is 24.9. The van der Waals surface area contributed by atoms with Gasteiger partial charge in [0.25, 0.3) is 0 Å². The molecule has 2 rings (SSSR count). The Hall–Kier alpha value is -1.71. The highest BCUT2D eigenvalue weighted by Crippen LogP contribution is 2.31. The summed E-state index contributed by atoms with van der Waals surface area (Å²) >= 11 is 24.6. The molecule has 2 aromatic rings. The lowest BCUT2D eigenvalue weighted by Gasteiger charge is -2.30. The second-order valence-electron chi connectivity index (χ2n) is 8.79. The molecule has 0 aliphatic carbocycles. The molecular formula is C25H31Cl4N3O4S. The van der Waals surface area contributed by atoms with Crippen LogP contribution in [0.1, 0.15) is 45.6 Å². The number of carbonyl (C=O) groups excluding carboxylic acids is 2. The zero-order valence-electron chi connectivity index (χ0n) is 21.1. The Bertz CT molecular complexity index is 1230. The Labute approximate surface area is 239 Å². The molecule has 0 saturated carbocycles. The van der Waals surface area contributed by atoms with Gasteiger partial charge in [0.15, 0.2) is 0 Å². The first kappa shape index (κ1) is 31.5. The number of sulfonamides is 1. The third-order valence-electron chi connectivity index (χ3n) is 5.85. The van der Waals surface area contributed by atoms with Crippen LogP contribution in [0.4, 0.5) is 5.69 Å². The van der Waals surface area contributed by atoms with Crippen LogP contribution < -0.4 is 9.62 Å². The second-order valence-corrected chi connectivity index (χ2v) is 12.4. The van der Waals surface area contributed by atoms with Crippen LogP contribution in [0.25, 0.3) is 0 Å². The van der Waals surface area contributed by atoms with Gasteiger partial charge in [-0.05, 0) is 62.6 Å². The third kappa shape index (κ3) is 9.21. The van der Waals surface area contributed by atoms with Gasteiger partial charge < -0.3 is 10.2 Å². The number of amides is 2. The minimum absolute atomic E-state index is 0.00633. The van der Waals surface area contributed by atoms with Crippen LogP contribution in [0.3, 0.4) is 0 Å². The summed E-state index contributed by atoms with van der Waals surface area (Å²) in [6.07, 6.45) is 1.96. The lowest BCUT2D eigenvalue weighted by Crippen LogP contribution is -2.49. The van der Waals surface area contributed by atoms with Gasteiger partial charge >= 0.3 is 0 Å². The number of benzene rings is 2. The summed E-state index contributed by atoms with van der Waals surface area (Å²) in [6.45, 7) is 5.56. The predicted octanol–water partition coefficient (Wildman–Crippen LogP) is 6.18. The standard InChI is InChI=1S/C25H31Cl4N3O4S/c1-5-16(2)30-25(34)17(3)31(15-18-8-9-19(26)13-22(18)29)24(33)7-6-12-32(37(4,35)36)23-14-20(27)10-11-21(23)28/h8-11,13-14,16-17H,5-7,12,15H2,1-4H3,(H,30,34). The minimum atomic E-state index is -3.71. The van der Waals surface area contributed by atoms with Crippen LogP contribution in [-0.4, -0.2) is 50.0 Å². The Morgan fingerprint density at radius 2 is 1.59 bits per heavy atom. The van der Waals surface area contributed by atoms with Gasteiger partial charge in [0.1, 0.15) is 6.04 Å². The molecule has 204 valence electrons. The van der Waals surface area contributed by atoms with Crippen LogP contribution >= 0.6 is 46.4 Å². The van der Waals surface area contributed by atoms with Crippen molar-refractivity contribution < 1.29 is 18.0 Å². The van der Waals surface area contributed by atoms with Gasteiger partial charge in [-0.25, -0.2) is 8.42 Å². The van der Waals surface area contributed by atoms with Crippen LogP contribution in [0.2, 0.25) is 20.1 Å². The van der Waals surface area contributed by atoms with Crippen LogP contribution in [0.15, 0.2) is 36.4 Å². The van der Waals surface area contributed by atoms with E-state index in [9.17, 15) is 18.0 Å². The molecular weight excluding hydrogens is 580 g/mol. The second kappa shape index (κ2) is 13.9. The van der Waals surface area contributed by atoms with Crippen molar-refractivity contribution in [3.05, 3.63) is 62.1 Å². The summed E-state index contributed by atoms with van der Waals surface area (Å²) in [5, 5.41) is 4.27. The fraction of sp³-hybridized carbons (Fsp3) is 0.440.